The molecule has 0 spiro atoms. The first-order chi connectivity index (χ1) is 7.77. The van der Waals surface area contributed by atoms with Gasteiger partial charge >= 0.3 is 6.18 Å². The highest BCUT2D eigenvalue weighted by Gasteiger charge is 2.43. The first kappa shape index (κ1) is 16.9. The van der Waals surface area contributed by atoms with Crippen LogP contribution in [-0.4, -0.2) is 24.5 Å². The lowest BCUT2D eigenvalue weighted by molar-refractivity contribution is -0.210. The zero-order valence-corrected chi connectivity index (χ0v) is 10.1. The largest absolute Gasteiger partial charge is 0.497 e. The van der Waals surface area contributed by atoms with Crippen LogP contribution >= 0.6 is 12.4 Å². The lowest BCUT2D eigenvalue weighted by atomic mass is 10.0. The summed E-state index contributed by atoms with van der Waals surface area (Å²) in [5.74, 6) is -0.805. The summed E-state index contributed by atoms with van der Waals surface area (Å²) in [7, 11) is 1.29. The van der Waals surface area contributed by atoms with Gasteiger partial charge in [-0.05, 0) is 6.07 Å². The minimum absolute atomic E-state index is 0. The number of aliphatic hydroxyl groups excluding tert-OH is 1. The van der Waals surface area contributed by atoms with E-state index in [1.54, 1.807) is 0 Å². The first-order valence-corrected chi connectivity index (χ1v) is 4.61. The summed E-state index contributed by atoms with van der Waals surface area (Å²) < 4.78 is 54.6. The maximum absolute atomic E-state index is 13.4. The molecule has 1 aromatic carbocycles. The van der Waals surface area contributed by atoms with Crippen LogP contribution in [0.4, 0.5) is 17.6 Å². The van der Waals surface area contributed by atoms with Crippen LogP contribution in [0.2, 0.25) is 0 Å². The number of alkyl halides is 3. The van der Waals surface area contributed by atoms with Crippen LogP contribution in [0.15, 0.2) is 18.2 Å². The zero-order valence-electron chi connectivity index (χ0n) is 9.24. The molecule has 0 aliphatic carbocycles. The van der Waals surface area contributed by atoms with Gasteiger partial charge in [-0.2, -0.15) is 13.2 Å². The van der Waals surface area contributed by atoms with Crippen molar-refractivity contribution in [3.05, 3.63) is 29.6 Å². The summed E-state index contributed by atoms with van der Waals surface area (Å²) in [5.41, 5.74) is 4.75. The van der Waals surface area contributed by atoms with Gasteiger partial charge in [-0.3, -0.25) is 0 Å². The molecule has 0 bridgehead atoms. The van der Waals surface area contributed by atoms with Gasteiger partial charge in [-0.25, -0.2) is 4.39 Å². The van der Waals surface area contributed by atoms with E-state index in [0.717, 1.165) is 12.1 Å². The highest BCUT2D eigenvalue weighted by molar-refractivity contribution is 5.85. The predicted molar refractivity (Wildman–Crippen MR) is 59.2 cm³/mol. The molecule has 0 amide bonds. The third-order valence-corrected chi connectivity index (χ3v) is 2.24. The van der Waals surface area contributed by atoms with Crippen molar-refractivity contribution in [1.82, 2.24) is 0 Å². The lowest BCUT2D eigenvalue weighted by Crippen LogP contribution is -2.39. The van der Waals surface area contributed by atoms with Crippen molar-refractivity contribution in [1.29, 1.82) is 0 Å². The minimum Gasteiger partial charge on any atom is -0.497 e. The monoisotopic (exact) mass is 289 g/mol. The van der Waals surface area contributed by atoms with E-state index < -0.39 is 29.7 Å². The Hall–Kier alpha value is -1.05. The average molecular weight is 290 g/mol. The molecule has 3 N–H and O–H groups in total. The molecular formula is C10H12ClF4NO2. The Morgan fingerprint density at radius 3 is 2.28 bits per heavy atom. The molecule has 3 nitrogen and oxygen atoms in total. The van der Waals surface area contributed by atoms with E-state index in [2.05, 4.69) is 0 Å². The molecule has 18 heavy (non-hydrogen) atoms. The number of hydrogen-bond acceptors (Lipinski definition) is 3. The number of benzene rings is 1. The fraction of sp³-hybridized carbons (Fsp3) is 0.400. The maximum atomic E-state index is 13.4. The molecular weight excluding hydrogens is 278 g/mol. The molecule has 1 rings (SSSR count). The van der Waals surface area contributed by atoms with Crippen molar-refractivity contribution in [3.63, 3.8) is 0 Å². The minimum atomic E-state index is -4.90. The van der Waals surface area contributed by atoms with E-state index in [4.69, 9.17) is 15.6 Å². The van der Waals surface area contributed by atoms with Gasteiger partial charge in [0.25, 0.3) is 0 Å². The van der Waals surface area contributed by atoms with Gasteiger partial charge in [0.2, 0.25) is 0 Å². The molecule has 0 fully saturated rings. The molecule has 0 aromatic heterocycles. The van der Waals surface area contributed by atoms with Crippen molar-refractivity contribution in [2.45, 2.75) is 18.3 Å². The van der Waals surface area contributed by atoms with Crippen molar-refractivity contribution in [2.75, 3.05) is 7.11 Å². The molecule has 0 aliphatic rings. The molecule has 0 unspecified atom stereocenters. The number of ether oxygens (including phenoxy) is 1. The molecule has 0 heterocycles. The van der Waals surface area contributed by atoms with E-state index in [9.17, 15) is 17.6 Å². The van der Waals surface area contributed by atoms with Crippen LogP contribution in [0, 0.1) is 5.82 Å². The summed E-state index contributed by atoms with van der Waals surface area (Å²) in [6.45, 7) is 0. The van der Waals surface area contributed by atoms with E-state index in [1.807, 2.05) is 0 Å². The van der Waals surface area contributed by atoms with E-state index in [0.29, 0.717) is 0 Å². The lowest BCUT2D eigenvalue weighted by Gasteiger charge is -2.22. The van der Waals surface area contributed by atoms with Crippen LogP contribution in [0.3, 0.4) is 0 Å². The third kappa shape index (κ3) is 3.72. The Kier molecular flexibility index (Phi) is 5.85. The van der Waals surface area contributed by atoms with Gasteiger partial charge in [-0.1, -0.05) is 6.07 Å². The highest BCUT2D eigenvalue weighted by atomic mass is 35.5. The van der Waals surface area contributed by atoms with Gasteiger partial charge in [-0.15, -0.1) is 12.4 Å². The number of halogens is 5. The van der Waals surface area contributed by atoms with Crippen LogP contribution in [0.25, 0.3) is 0 Å². The SMILES string of the molecule is COc1ccc([C@@H](N)[C@@H](O)C(F)(F)F)c(F)c1.Cl. The topological polar surface area (TPSA) is 55.5 Å². The normalized spacial score (nSPS) is 14.6. The Morgan fingerprint density at radius 2 is 1.89 bits per heavy atom. The molecule has 8 heteroatoms. The second-order valence-corrected chi connectivity index (χ2v) is 3.40. The Bertz CT molecular complexity index is 400. The summed E-state index contributed by atoms with van der Waals surface area (Å²) in [6.07, 6.45) is -7.71. The predicted octanol–water partition coefficient (Wildman–Crippen LogP) is 2.18. The number of nitrogens with two attached hydrogens (primary N) is 1. The molecule has 104 valence electrons. The van der Waals surface area contributed by atoms with Gasteiger partial charge in [0.1, 0.15) is 11.6 Å². The summed E-state index contributed by atoms with van der Waals surface area (Å²) in [6, 6.07) is 1.34. The van der Waals surface area contributed by atoms with Crippen molar-refractivity contribution < 1.29 is 27.4 Å². The fourth-order valence-corrected chi connectivity index (χ4v) is 1.28. The van der Waals surface area contributed by atoms with E-state index in [1.165, 1.54) is 13.2 Å². The van der Waals surface area contributed by atoms with Crippen LogP contribution in [-0.2, 0) is 0 Å². The van der Waals surface area contributed by atoms with Crippen LogP contribution in [0.5, 0.6) is 5.75 Å². The molecule has 0 aliphatic heterocycles. The van der Waals surface area contributed by atoms with Crippen molar-refractivity contribution in [2.24, 2.45) is 5.73 Å². The molecule has 1 aromatic rings. The maximum Gasteiger partial charge on any atom is 0.416 e. The summed E-state index contributed by atoms with van der Waals surface area (Å²) in [4.78, 5) is 0. The summed E-state index contributed by atoms with van der Waals surface area (Å²) in [5, 5.41) is 8.91. The smallest absolute Gasteiger partial charge is 0.416 e. The highest BCUT2D eigenvalue weighted by Crippen LogP contribution is 2.30. The van der Waals surface area contributed by atoms with Gasteiger partial charge in [0.05, 0.1) is 13.2 Å². The second kappa shape index (κ2) is 6.21. The zero-order chi connectivity index (χ0) is 13.2. The Balaban J connectivity index is 0.00000289. The molecule has 0 radical (unpaired) electrons. The van der Waals surface area contributed by atoms with Crippen LogP contribution in [0.1, 0.15) is 11.6 Å². The number of rotatable bonds is 3. The third-order valence-electron chi connectivity index (χ3n) is 2.24. The van der Waals surface area contributed by atoms with Gasteiger partial charge in [0, 0.05) is 11.6 Å². The number of aliphatic hydroxyl groups is 1. The van der Waals surface area contributed by atoms with E-state index >= 15 is 0 Å². The van der Waals surface area contributed by atoms with Crippen molar-refractivity contribution >= 4 is 12.4 Å². The molecule has 2 atom stereocenters. The molecule has 0 saturated carbocycles. The standard InChI is InChI=1S/C10H11F4NO2.ClH/c1-17-5-2-3-6(7(11)4-5)8(15)9(16)10(12,13)14;/h2-4,8-9,16H,15H2,1H3;1H/t8-,9-;/m1./s1. The quantitative estimate of drug-likeness (QED) is 0.839. The van der Waals surface area contributed by atoms with Gasteiger partial charge < -0.3 is 15.6 Å². The van der Waals surface area contributed by atoms with Crippen LogP contribution < -0.4 is 10.5 Å². The number of methoxy groups -OCH3 is 1. The van der Waals surface area contributed by atoms with E-state index in [-0.39, 0.29) is 18.2 Å². The second-order valence-electron chi connectivity index (χ2n) is 3.40. The number of hydrogen-bond donors (Lipinski definition) is 2. The molecule has 0 saturated heterocycles. The van der Waals surface area contributed by atoms with Gasteiger partial charge in [0.15, 0.2) is 6.10 Å². The Morgan fingerprint density at radius 1 is 1.33 bits per heavy atom. The Labute approximate surface area is 107 Å². The fourth-order valence-electron chi connectivity index (χ4n) is 1.28. The first-order valence-electron chi connectivity index (χ1n) is 4.61. The summed E-state index contributed by atoms with van der Waals surface area (Å²) >= 11 is 0. The van der Waals surface area contributed by atoms with Crippen molar-refractivity contribution in [3.8, 4) is 5.75 Å². The average Bonchev–Trinajstić information content (AvgIpc) is 2.25.